The van der Waals surface area contributed by atoms with Crippen LogP contribution in [0.15, 0.2) is 35.4 Å². The fourth-order valence-electron chi connectivity index (χ4n) is 3.18. The Hall–Kier alpha value is -3.06. The molecule has 0 atom stereocenters. The van der Waals surface area contributed by atoms with Gasteiger partial charge in [-0.25, -0.2) is 14.5 Å². The first-order valence-electron chi connectivity index (χ1n) is 9.57. The zero-order valence-electron chi connectivity index (χ0n) is 16.5. The first kappa shape index (κ1) is 22.1. The fraction of sp³-hybridized carbons (Fsp3) is 0.368. The van der Waals surface area contributed by atoms with Crippen LogP contribution >= 0.6 is 11.8 Å². The summed E-state index contributed by atoms with van der Waals surface area (Å²) in [6.45, 7) is 1.16. The molecule has 3 aromatic rings. The van der Waals surface area contributed by atoms with Gasteiger partial charge < -0.3 is 15.3 Å². The topological polar surface area (TPSA) is 114 Å². The molecule has 1 aliphatic heterocycles. The van der Waals surface area contributed by atoms with Crippen molar-refractivity contribution < 1.29 is 27.5 Å². The number of nitrogens with two attached hydrogens (primary N) is 1. The second-order valence-electron chi connectivity index (χ2n) is 7.05. The van der Waals surface area contributed by atoms with Gasteiger partial charge in [-0.05, 0) is 31.0 Å². The number of halogens is 3. The van der Waals surface area contributed by atoms with Gasteiger partial charge in [-0.3, -0.25) is 4.79 Å². The number of carbonyl (C=O) groups excluding carboxylic acids is 1. The van der Waals surface area contributed by atoms with E-state index in [2.05, 4.69) is 14.9 Å². The average molecular weight is 469 g/mol. The number of fused-ring (bicyclic) bond motifs is 1. The Bertz CT molecular complexity index is 1200. The van der Waals surface area contributed by atoms with Crippen LogP contribution in [-0.2, 0) is 15.3 Å². The molecule has 2 aromatic heterocycles. The number of nitrogen functional groups attached to an aromatic ring is 1. The Morgan fingerprint density at radius 2 is 2.06 bits per heavy atom. The normalized spacial score (nSPS) is 15.2. The van der Waals surface area contributed by atoms with E-state index < -0.39 is 17.7 Å². The molecule has 2 N–H and O–H groups in total. The molecule has 13 heteroatoms. The number of benzene rings is 1. The molecule has 0 spiro atoms. The summed E-state index contributed by atoms with van der Waals surface area (Å²) in [5.41, 5.74) is 5.98. The lowest BCUT2D eigenvalue weighted by molar-refractivity contribution is -0.200. The van der Waals surface area contributed by atoms with Gasteiger partial charge in [0.25, 0.3) is 5.56 Å². The maximum absolute atomic E-state index is 12.9. The van der Waals surface area contributed by atoms with Crippen molar-refractivity contribution in [1.29, 1.82) is 0 Å². The monoisotopic (exact) mass is 469 g/mol. The minimum absolute atomic E-state index is 0.0105. The molecule has 0 unspecified atom stereocenters. The van der Waals surface area contributed by atoms with E-state index in [9.17, 15) is 22.8 Å². The van der Waals surface area contributed by atoms with E-state index in [1.807, 2.05) is 0 Å². The standard InChI is InChI=1S/C19H18F3N5O4S/c20-19(21,22)18(29)31-27-16(10-32-13-3-5-30-6-4-13)25-15-7-12(1-2-14(15)17(27)28)26-9-11(23)8-24-26/h1-2,7-9,13H,3-6,10,23H2. The molecule has 32 heavy (non-hydrogen) atoms. The Kier molecular flexibility index (Phi) is 6.11. The van der Waals surface area contributed by atoms with Crippen LogP contribution in [0.5, 0.6) is 0 Å². The number of hydrogen-bond acceptors (Lipinski definition) is 8. The second kappa shape index (κ2) is 8.82. The number of ether oxygens (including phenoxy) is 1. The molecule has 0 aliphatic carbocycles. The van der Waals surface area contributed by atoms with Crippen LogP contribution in [-0.4, -0.2) is 50.1 Å². The first-order valence-corrected chi connectivity index (χ1v) is 10.6. The van der Waals surface area contributed by atoms with Gasteiger partial charge in [-0.15, -0.1) is 4.73 Å². The van der Waals surface area contributed by atoms with E-state index in [0.717, 1.165) is 12.8 Å². The predicted octanol–water partition coefficient (Wildman–Crippen LogP) is 2.09. The van der Waals surface area contributed by atoms with Gasteiger partial charge in [0.15, 0.2) is 5.82 Å². The molecule has 1 aromatic carbocycles. The summed E-state index contributed by atoms with van der Waals surface area (Å²) < 4.78 is 45.5. The molecular formula is C19H18F3N5O4S. The van der Waals surface area contributed by atoms with Crippen molar-refractivity contribution >= 4 is 34.3 Å². The Morgan fingerprint density at radius 1 is 1.31 bits per heavy atom. The van der Waals surface area contributed by atoms with Gasteiger partial charge >= 0.3 is 12.1 Å². The van der Waals surface area contributed by atoms with Crippen LogP contribution in [0.1, 0.15) is 18.7 Å². The molecule has 1 aliphatic rings. The molecule has 0 bridgehead atoms. The van der Waals surface area contributed by atoms with Gasteiger partial charge in [0, 0.05) is 18.5 Å². The average Bonchev–Trinajstić information content (AvgIpc) is 3.20. The van der Waals surface area contributed by atoms with Crippen LogP contribution < -0.4 is 16.1 Å². The van der Waals surface area contributed by atoms with Crippen LogP contribution in [0.2, 0.25) is 0 Å². The Morgan fingerprint density at radius 3 is 2.72 bits per heavy atom. The van der Waals surface area contributed by atoms with Crippen LogP contribution in [0, 0.1) is 0 Å². The van der Waals surface area contributed by atoms with Crippen molar-refractivity contribution in [2.45, 2.75) is 30.0 Å². The summed E-state index contributed by atoms with van der Waals surface area (Å²) in [6.07, 6.45) is -0.730. The van der Waals surface area contributed by atoms with Gasteiger partial charge in [-0.1, -0.05) is 0 Å². The largest absolute Gasteiger partial charge is 0.493 e. The molecule has 1 fully saturated rings. The molecule has 0 amide bonds. The predicted molar refractivity (Wildman–Crippen MR) is 110 cm³/mol. The van der Waals surface area contributed by atoms with E-state index in [0.29, 0.717) is 29.3 Å². The van der Waals surface area contributed by atoms with Gasteiger partial charge in [0.2, 0.25) is 0 Å². The molecule has 3 heterocycles. The highest BCUT2D eigenvalue weighted by Crippen LogP contribution is 2.26. The number of rotatable bonds is 5. The summed E-state index contributed by atoms with van der Waals surface area (Å²) in [4.78, 5) is 33.1. The highest BCUT2D eigenvalue weighted by Gasteiger charge is 2.42. The summed E-state index contributed by atoms with van der Waals surface area (Å²) in [5, 5.41) is 4.26. The summed E-state index contributed by atoms with van der Waals surface area (Å²) in [6, 6.07) is 4.47. The third kappa shape index (κ3) is 4.72. The van der Waals surface area contributed by atoms with Crippen molar-refractivity contribution in [3.8, 4) is 5.69 Å². The van der Waals surface area contributed by atoms with E-state index in [4.69, 9.17) is 10.5 Å². The van der Waals surface area contributed by atoms with Crippen LogP contribution in [0.25, 0.3) is 16.6 Å². The maximum Gasteiger partial charge on any atom is 0.493 e. The van der Waals surface area contributed by atoms with Crippen molar-refractivity contribution in [3.63, 3.8) is 0 Å². The Labute approximate surface area is 183 Å². The molecule has 9 nitrogen and oxygen atoms in total. The summed E-state index contributed by atoms with van der Waals surface area (Å²) in [7, 11) is 0. The molecule has 4 rings (SSSR count). The van der Waals surface area contributed by atoms with E-state index >= 15 is 0 Å². The second-order valence-corrected chi connectivity index (χ2v) is 8.34. The number of alkyl halides is 3. The number of aromatic nitrogens is 4. The minimum Gasteiger partial charge on any atom is -0.396 e. The van der Waals surface area contributed by atoms with Crippen molar-refractivity contribution in [2.24, 2.45) is 0 Å². The van der Waals surface area contributed by atoms with Gasteiger partial charge in [0.05, 0.1) is 40.4 Å². The number of thioether (sulfide) groups is 1. The number of nitrogens with zero attached hydrogens (tertiary/aromatic N) is 4. The van der Waals surface area contributed by atoms with Crippen molar-refractivity contribution in [2.75, 3.05) is 18.9 Å². The number of anilines is 1. The SMILES string of the molecule is Nc1cnn(-c2ccc3c(=O)n(OC(=O)C(F)(F)F)c(CSC4CCOCC4)nc3c2)c1. The van der Waals surface area contributed by atoms with Gasteiger partial charge in [-0.2, -0.15) is 30.0 Å². The zero-order chi connectivity index (χ0) is 22.9. The third-order valence-corrected chi connectivity index (χ3v) is 6.14. The third-order valence-electron chi connectivity index (χ3n) is 4.77. The quantitative estimate of drug-likeness (QED) is 0.604. The highest BCUT2D eigenvalue weighted by molar-refractivity contribution is 7.99. The number of carbonyl (C=O) groups is 1. The molecule has 170 valence electrons. The lowest BCUT2D eigenvalue weighted by Crippen LogP contribution is -2.40. The zero-order valence-corrected chi connectivity index (χ0v) is 17.4. The molecule has 0 radical (unpaired) electrons. The first-order chi connectivity index (χ1) is 15.2. The lowest BCUT2D eigenvalue weighted by atomic mass is 10.2. The van der Waals surface area contributed by atoms with Crippen LogP contribution in [0.3, 0.4) is 0 Å². The van der Waals surface area contributed by atoms with Crippen molar-refractivity contribution in [1.82, 2.24) is 19.5 Å². The minimum atomic E-state index is -5.26. The molecule has 0 saturated carbocycles. The maximum atomic E-state index is 12.9. The van der Waals surface area contributed by atoms with E-state index in [1.165, 1.54) is 34.8 Å². The summed E-state index contributed by atoms with van der Waals surface area (Å²) in [5.74, 6) is -2.53. The molecular weight excluding hydrogens is 451 g/mol. The smallest absolute Gasteiger partial charge is 0.396 e. The van der Waals surface area contributed by atoms with E-state index in [1.54, 1.807) is 12.3 Å². The number of hydrogen-bond donors (Lipinski definition) is 1. The lowest BCUT2D eigenvalue weighted by Gasteiger charge is -2.22. The van der Waals surface area contributed by atoms with Gasteiger partial charge in [0.1, 0.15) is 0 Å². The fourth-order valence-corrected chi connectivity index (χ4v) is 4.27. The Balaban J connectivity index is 1.74. The van der Waals surface area contributed by atoms with Crippen LogP contribution in [0.4, 0.5) is 18.9 Å². The molecule has 1 saturated heterocycles. The highest BCUT2D eigenvalue weighted by atomic mass is 32.2. The van der Waals surface area contributed by atoms with Crippen molar-refractivity contribution in [3.05, 3.63) is 46.8 Å². The summed E-state index contributed by atoms with van der Waals surface area (Å²) >= 11 is 1.41. The van der Waals surface area contributed by atoms with E-state index in [-0.39, 0.29) is 27.7 Å².